The summed E-state index contributed by atoms with van der Waals surface area (Å²) < 4.78 is 15.4. The lowest BCUT2D eigenvalue weighted by molar-refractivity contribution is -0.144. The molecule has 0 spiro atoms. The molecule has 1 unspecified atom stereocenters. The Hall–Kier alpha value is -2.50. The molecule has 0 fully saturated rings. The molecule has 19 heavy (non-hydrogen) atoms. The third-order valence-electron chi connectivity index (χ3n) is 2.60. The average molecular weight is 264 g/mol. The number of methoxy groups -OCH3 is 1. The fourth-order valence-electron chi connectivity index (χ4n) is 1.60. The molecule has 0 aliphatic carbocycles. The molecular weight excluding hydrogens is 252 g/mol. The second kappa shape index (κ2) is 5.01. The first-order chi connectivity index (χ1) is 9.04. The predicted molar refractivity (Wildman–Crippen MR) is 66.8 cm³/mol. The molecular formula is C13H12O6. The summed E-state index contributed by atoms with van der Waals surface area (Å²) in [4.78, 5) is 22.8. The smallest absolute Gasteiger partial charge is 0.344 e. The number of aliphatic carboxylic acids is 1. The maximum absolute atomic E-state index is 12.1. The van der Waals surface area contributed by atoms with Crippen molar-refractivity contribution >= 4 is 16.9 Å². The second-order valence-electron chi connectivity index (χ2n) is 3.86. The van der Waals surface area contributed by atoms with E-state index in [1.807, 2.05) is 0 Å². The van der Waals surface area contributed by atoms with Gasteiger partial charge in [-0.2, -0.15) is 0 Å². The number of ether oxygens (including phenoxy) is 2. The third-order valence-corrected chi connectivity index (χ3v) is 2.60. The van der Waals surface area contributed by atoms with Gasteiger partial charge >= 0.3 is 5.97 Å². The van der Waals surface area contributed by atoms with E-state index in [1.54, 1.807) is 18.2 Å². The van der Waals surface area contributed by atoms with Crippen LogP contribution in [0.1, 0.15) is 6.92 Å². The zero-order valence-corrected chi connectivity index (χ0v) is 10.4. The molecule has 1 N–H and O–H groups in total. The zero-order chi connectivity index (χ0) is 14.0. The summed E-state index contributed by atoms with van der Waals surface area (Å²) in [5.41, 5.74) is -0.140. The highest BCUT2D eigenvalue weighted by Crippen LogP contribution is 2.25. The molecule has 1 aromatic heterocycles. The number of hydrogen-bond donors (Lipinski definition) is 1. The molecule has 0 bridgehead atoms. The number of carboxylic acid groups (broad SMARTS) is 1. The van der Waals surface area contributed by atoms with Crippen molar-refractivity contribution in [2.45, 2.75) is 13.0 Å². The molecule has 100 valence electrons. The van der Waals surface area contributed by atoms with Gasteiger partial charge < -0.3 is 19.0 Å². The predicted octanol–water partition coefficient (Wildman–Crippen LogP) is 1.65. The van der Waals surface area contributed by atoms with E-state index >= 15 is 0 Å². The Kier molecular flexibility index (Phi) is 3.41. The van der Waals surface area contributed by atoms with Crippen LogP contribution in [0.5, 0.6) is 11.5 Å². The maximum atomic E-state index is 12.1. The Morgan fingerprint density at radius 2 is 2.11 bits per heavy atom. The summed E-state index contributed by atoms with van der Waals surface area (Å²) in [7, 11) is 1.46. The van der Waals surface area contributed by atoms with Gasteiger partial charge in [0.15, 0.2) is 17.4 Å². The first-order valence-electron chi connectivity index (χ1n) is 5.52. The van der Waals surface area contributed by atoms with Gasteiger partial charge in [-0.3, -0.25) is 4.79 Å². The fourth-order valence-corrected chi connectivity index (χ4v) is 1.60. The molecule has 0 amide bonds. The van der Waals surface area contributed by atoms with Crippen LogP contribution >= 0.6 is 0 Å². The molecule has 0 saturated carbocycles. The number of carboxylic acids is 1. The molecule has 1 heterocycles. The molecule has 1 atom stereocenters. The van der Waals surface area contributed by atoms with Gasteiger partial charge in [0.25, 0.3) is 0 Å². The van der Waals surface area contributed by atoms with Gasteiger partial charge in [-0.25, -0.2) is 4.79 Å². The molecule has 0 radical (unpaired) electrons. The number of carbonyl (C=O) groups is 1. The number of fused-ring (bicyclic) bond motifs is 1. The van der Waals surface area contributed by atoms with Crippen LogP contribution in [0.15, 0.2) is 33.7 Å². The molecule has 6 heteroatoms. The number of benzene rings is 1. The molecule has 1 aromatic carbocycles. The van der Waals surface area contributed by atoms with Crippen molar-refractivity contribution in [3.63, 3.8) is 0 Å². The van der Waals surface area contributed by atoms with E-state index in [-0.39, 0.29) is 11.1 Å². The normalized spacial score (nSPS) is 12.1. The summed E-state index contributed by atoms with van der Waals surface area (Å²) in [6.07, 6.45) is -0.0435. The second-order valence-corrected chi connectivity index (χ2v) is 3.86. The number of para-hydroxylation sites is 1. The highest BCUT2D eigenvalue weighted by atomic mass is 16.5. The Balaban J connectivity index is 2.53. The van der Waals surface area contributed by atoms with E-state index < -0.39 is 17.5 Å². The summed E-state index contributed by atoms with van der Waals surface area (Å²) in [6.45, 7) is 1.33. The third kappa shape index (κ3) is 2.37. The van der Waals surface area contributed by atoms with Gasteiger partial charge in [0, 0.05) is 0 Å². The lowest BCUT2D eigenvalue weighted by atomic mass is 10.2. The first-order valence-corrected chi connectivity index (χ1v) is 5.52. The summed E-state index contributed by atoms with van der Waals surface area (Å²) in [5.74, 6) is -0.881. The minimum absolute atomic E-state index is 0.143. The van der Waals surface area contributed by atoms with E-state index in [4.69, 9.17) is 19.0 Å². The quantitative estimate of drug-likeness (QED) is 0.903. The van der Waals surface area contributed by atoms with Gasteiger partial charge in [0.1, 0.15) is 6.26 Å². The minimum atomic E-state index is -1.16. The van der Waals surface area contributed by atoms with Crippen molar-refractivity contribution in [3.05, 3.63) is 34.7 Å². The SMILES string of the molecule is COc1cccc2c(=O)c(OC(C)C(=O)O)coc12. The number of hydrogen-bond acceptors (Lipinski definition) is 5. The number of rotatable bonds is 4. The van der Waals surface area contributed by atoms with Crippen molar-refractivity contribution in [2.24, 2.45) is 0 Å². The van der Waals surface area contributed by atoms with Crippen molar-refractivity contribution in [1.82, 2.24) is 0 Å². The topological polar surface area (TPSA) is 86.0 Å². The Morgan fingerprint density at radius 1 is 1.37 bits per heavy atom. The van der Waals surface area contributed by atoms with Crippen molar-refractivity contribution in [2.75, 3.05) is 7.11 Å². The largest absolute Gasteiger partial charge is 0.493 e. The Labute approximate surface area is 108 Å². The maximum Gasteiger partial charge on any atom is 0.344 e. The molecule has 0 aliphatic rings. The molecule has 2 aromatic rings. The van der Waals surface area contributed by atoms with E-state index in [2.05, 4.69) is 0 Å². The van der Waals surface area contributed by atoms with Crippen LogP contribution in [0.3, 0.4) is 0 Å². The van der Waals surface area contributed by atoms with Crippen LogP contribution in [0, 0.1) is 0 Å². The van der Waals surface area contributed by atoms with E-state index in [0.29, 0.717) is 11.3 Å². The standard InChI is InChI=1S/C13H12O6/c1-7(13(15)16)19-10-6-18-12-8(11(10)14)4-3-5-9(12)17-2/h3-7H,1-2H3,(H,15,16). The van der Waals surface area contributed by atoms with Crippen LogP contribution in [0.25, 0.3) is 11.0 Å². The summed E-state index contributed by atoms with van der Waals surface area (Å²) >= 11 is 0. The Morgan fingerprint density at radius 3 is 2.74 bits per heavy atom. The van der Waals surface area contributed by atoms with Gasteiger partial charge in [-0.1, -0.05) is 6.07 Å². The van der Waals surface area contributed by atoms with Crippen LogP contribution in [-0.2, 0) is 4.79 Å². The van der Waals surface area contributed by atoms with E-state index in [0.717, 1.165) is 6.26 Å². The average Bonchev–Trinajstić information content (AvgIpc) is 2.41. The van der Waals surface area contributed by atoms with Crippen LogP contribution < -0.4 is 14.9 Å². The van der Waals surface area contributed by atoms with Crippen LogP contribution in [0.4, 0.5) is 0 Å². The van der Waals surface area contributed by atoms with Crippen molar-refractivity contribution in [3.8, 4) is 11.5 Å². The van der Waals surface area contributed by atoms with Gasteiger partial charge in [0.2, 0.25) is 11.2 Å². The zero-order valence-electron chi connectivity index (χ0n) is 10.4. The highest BCUT2D eigenvalue weighted by Gasteiger charge is 2.17. The molecule has 0 aliphatic heterocycles. The molecule has 2 rings (SSSR count). The lowest BCUT2D eigenvalue weighted by Gasteiger charge is -2.10. The minimum Gasteiger partial charge on any atom is -0.493 e. The van der Waals surface area contributed by atoms with Crippen LogP contribution in [-0.4, -0.2) is 24.3 Å². The lowest BCUT2D eigenvalue weighted by Crippen LogP contribution is -2.25. The monoisotopic (exact) mass is 264 g/mol. The summed E-state index contributed by atoms with van der Waals surface area (Å²) in [6, 6.07) is 4.86. The van der Waals surface area contributed by atoms with Crippen molar-refractivity contribution in [1.29, 1.82) is 0 Å². The van der Waals surface area contributed by atoms with E-state index in [1.165, 1.54) is 14.0 Å². The fraction of sp³-hybridized carbons (Fsp3) is 0.231. The highest BCUT2D eigenvalue weighted by molar-refractivity contribution is 5.83. The van der Waals surface area contributed by atoms with Crippen molar-refractivity contribution < 1.29 is 23.8 Å². The first kappa shape index (κ1) is 12.9. The Bertz CT molecular complexity index is 672. The summed E-state index contributed by atoms with van der Waals surface area (Å²) in [5, 5.41) is 9.02. The van der Waals surface area contributed by atoms with Gasteiger partial charge in [-0.05, 0) is 19.1 Å². The molecule has 0 saturated heterocycles. The van der Waals surface area contributed by atoms with E-state index in [9.17, 15) is 9.59 Å². The van der Waals surface area contributed by atoms with Gasteiger partial charge in [0.05, 0.1) is 12.5 Å². The van der Waals surface area contributed by atoms with Gasteiger partial charge in [-0.15, -0.1) is 0 Å². The molecule has 6 nitrogen and oxygen atoms in total. The van der Waals surface area contributed by atoms with Crippen LogP contribution in [0.2, 0.25) is 0 Å².